The maximum absolute atomic E-state index is 13.6. The molecule has 3 unspecified atom stereocenters. The Kier molecular flexibility index (Phi) is 17.7. The van der Waals surface area contributed by atoms with Crippen LogP contribution in [0.2, 0.25) is 0 Å². The van der Waals surface area contributed by atoms with Gasteiger partial charge in [0.2, 0.25) is 12.3 Å². The van der Waals surface area contributed by atoms with Crippen LogP contribution in [0.1, 0.15) is 83.6 Å². The summed E-state index contributed by atoms with van der Waals surface area (Å²) in [4.78, 5) is 104. The molecule has 0 bridgehead atoms. The number of carbonyl (C=O) groups excluding carboxylic acids is 5. The van der Waals surface area contributed by atoms with E-state index in [0.717, 1.165) is 17.9 Å². The number of methoxy groups -OCH3 is 2. The molecule has 0 radical (unpaired) electrons. The Morgan fingerprint density at radius 1 is 0.831 bits per heavy atom. The van der Waals surface area contributed by atoms with Crippen molar-refractivity contribution in [2.45, 2.75) is 64.5 Å². The first kappa shape index (κ1) is 46.3. The molecule has 2 aromatic carbocycles. The summed E-state index contributed by atoms with van der Waals surface area (Å²) in [6, 6.07) is 8.08. The number of nitrogens with zero attached hydrogens (tertiary/aromatic N) is 1. The van der Waals surface area contributed by atoms with Crippen LogP contribution in [0.5, 0.6) is 17.2 Å². The number of hydrogen-bond donors (Lipinski definition) is 6. The van der Waals surface area contributed by atoms with Gasteiger partial charge in [0, 0.05) is 5.56 Å². The Morgan fingerprint density at radius 3 is 2.17 bits per heavy atom. The topological polar surface area (TPSA) is 287 Å². The number of carboxylic acid groups (broad SMARTS) is 3. The van der Waals surface area contributed by atoms with E-state index < -0.39 is 72.6 Å². The number of benzene rings is 2. The van der Waals surface area contributed by atoms with Gasteiger partial charge in [-0.3, -0.25) is 24.0 Å². The second-order valence-electron chi connectivity index (χ2n) is 12.7. The van der Waals surface area contributed by atoms with Crippen LogP contribution in [0.15, 0.2) is 52.9 Å². The largest absolute Gasteiger partial charge is 0.493 e. The quantitative estimate of drug-likeness (QED) is 0.0310. The van der Waals surface area contributed by atoms with Gasteiger partial charge in [0.05, 0.1) is 50.4 Å². The molecule has 20 nitrogen and oxygen atoms in total. The fourth-order valence-electron chi connectivity index (χ4n) is 5.81. The summed E-state index contributed by atoms with van der Waals surface area (Å²) < 4.78 is 21.4. The molecule has 3 rings (SSSR count). The van der Waals surface area contributed by atoms with Crippen molar-refractivity contribution in [1.29, 1.82) is 0 Å². The summed E-state index contributed by atoms with van der Waals surface area (Å²) in [7, 11) is 2.83. The second kappa shape index (κ2) is 22.6. The van der Waals surface area contributed by atoms with Crippen LogP contribution in [-0.2, 0) is 28.8 Å². The van der Waals surface area contributed by atoms with Crippen LogP contribution in [0.4, 0.5) is 0 Å². The van der Waals surface area contributed by atoms with E-state index in [1.807, 2.05) is 6.92 Å². The first-order valence-corrected chi connectivity index (χ1v) is 18.3. The van der Waals surface area contributed by atoms with Gasteiger partial charge in [-0.25, -0.2) is 14.4 Å². The van der Waals surface area contributed by atoms with Crippen molar-refractivity contribution < 1.29 is 77.1 Å². The van der Waals surface area contributed by atoms with E-state index in [9.17, 15) is 43.5 Å². The molecule has 0 aliphatic rings. The number of hydroxylamine groups is 2. The monoisotopic (exact) mass is 826 g/mol. The van der Waals surface area contributed by atoms with Crippen LogP contribution < -0.4 is 30.2 Å². The van der Waals surface area contributed by atoms with Crippen LogP contribution >= 0.6 is 0 Å². The summed E-state index contributed by atoms with van der Waals surface area (Å²) in [5, 5.41) is 35.4. The van der Waals surface area contributed by atoms with Gasteiger partial charge in [-0.05, 0) is 55.3 Å². The molecular formula is C39H46N4O16. The third-order valence-electron chi connectivity index (χ3n) is 8.76. The molecule has 6 N–H and O–H groups in total. The molecule has 0 fully saturated rings. The van der Waals surface area contributed by atoms with Gasteiger partial charge in [0.25, 0.3) is 11.8 Å². The average molecular weight is 827 g/mol. The predicted octanol–water partition coefficient (Wildman–Crippen LogP) is 3.09. The molecule has 0 saturated carbocycles. The van der Waals surface area contributed by atoms with Crippen molar-refractivity contribution in [3.63, 3.8) is 0 Å². The number of carboxylic acids is 3. The Labute approximate surface area is 337 Å². The van der Waals surface area contributed by atoms with Gasteiger partial charge >= 0.3 is 23.9 Å². The zero-order valence-corrected chi connectivity index (χ0v) is 32.7. The number of nitrogens with one attached hydrogen (secondary N) is 3. The normalized spacial score (nSPS) is 12.1. The van der Waals surface area contributed by atoms with E-state index in [0.29, 0.717) is 25.0 Å². The highest BCUT2D eigenvalue weighted by atomic mass is 16.7. The van der Waals surface area contributed by atoms with Gasteiger partial charge in [0.15, 0.2) is 23.9 Å². The molecule has 318 valence electrons. The lowest BCUT2D eigenvalue weighted by Crippen LogP contribution is -2.49. The van der Waals surface area contributed by atoms with Crippen LogP contribution in [0.3, 0.4) is 0 Å². The lowest BCUT2D eigenvalue weighted by Gasteiger charge is -2.31. The number of amides is 4. The van der Waals surface area contributed by atoms with Gasteiger partial charge in [-0.1, -0.05) is 39.2 Å². The highest BCUT2D eigenvalue weighted by molar-refractivity contribution is 6.00. The molecule has 1 aromatic heterocycles. The van der Waals surface area contributed by atoms with Crippen molar-refractivity contribution in [3.05, 3.63) is 65.4 Å². The molecular weight excluding hydrogens is 780 g/mol. The SMILES string of the molecule is CCCCCC(C(=O)NCNC(=O)c1ccc(-c2ccc(C(=O)NC(CC(=O)O)C(=O)O)c(OCC(=O)O)c2)o1)C(CC)N(C=O)OC(=O)c1ccc(OC)c(OC)c1. The molecule has 0 spiro atoms. The highest BCUT2D eigenvalue weighted by Gasteiger charge is 2.34. The summed E-state index contributed by atoms with van der Waals surface area (Å²) >= 11 is 0. The van der Waals surface area contributed by atoms with E-state index in [1.165, 1.54) is 62.8 Å². The standard InChI is InChI=1S/C39H46N4O16/c1-5-7-8-9-24(27(6-2)43(21-44)59-39(54)23-11-13-29(55-3)32(17-23)56-4)35(49)40-20-41-37(51)30-15-14-28(58-30)22-10-12-25(31(16-22)57-19-34(47)48)36(50)42-26(38(52)53)18-33(45)46/h10-17,21,24,26-27H,5-9,18-20H2,1-4H3,(H,40,49)(H,41,51)(H,42,50)(H,45,46)(H,47,48)(H,52,53). The van der Waals surface area contributed by atoms with Crippen molar-refractivity contribution >= 4 is 48.0 Å². The first-order valence-electron chi connectivity index (χ1n) is 18.3. The minimum atomic E-state index is -1.80. The van der Waals surface area contributed by atoms with E-state index in [1.54, 1.807) is 6.92 Å². The lowest BCUT2D eigenvalue weighted by molar-refractivity contribution is -0.171. The minimum Gasteiger partial charge on any atom is -0.493 e. The lowest BCUT2D eigenvalue weighted by atomic mass is 9.90. The van der Waals surface area contributed by atoms with Crippen molar-refractivity contribution in [2.75, 3.05) is 27.5 Å². The van der Waals surface area contributed by atoms with E-state index in [4.69, 9.17) is 33.7 Å². The number of aliphatic carboxylic acids is 3. The molecule has 1 heterocycles. The molecule has 0 aliphatic heterocycles. The summed E-state index contributed by atoms with van der Waals surface area (Å²) in [6.45, 7) is 2.45. The number of hydrogen-bond acceptors (Lipinski definition) is 13. The predicted molar refractivity (Wildman–Crippen MR) is 203 cm³/mol. The zero-order chi connectivity index (χ0) is 43.6. The van der Waals surface area contributed by atoms with Crippen LogP contribution in [0.25, 0.3) is 11.3 Å². The number of unbranched alkanes of at least 4 members (excludes halogenated alkanes) is 2. The smallest absolute Gasteiger partial charge is 0.363 e. The first-order chi connectivity index (χ1) is 28.2. The van der Waals surface area contributed by atoms with Gasteiger partial charge in [-0.15, -0.1) is 0 Å². The highest BCUT2D eigenvalue weighted by Crippen LogP contribution is 2.30. The summed E-state index contributed by atoms with van der Waals surface area (Å²) in [6.07, 6.45) is 2.19. The molecule has 4 amide bonds. The third-order valence-corrected chi connectivity index (χ3v) is 8.76. The van der Waals surface area contributed by atoms with Gasteiger partial charge < -0.3 is 54.7 Å². The van der Waals surface area contributed by atoms with E-state index >= 15 is 0 Å². The van der Waals surface area contributed by atoms with E-state index in [2.05, 4.69) is 16.0 Å². The molecule has 20 heteroatoms. The summed E-state index contributed by atoms with van der Waals surface area (Å²) in [5.41, 5.74) is -0.0311. The van der Waals surface area contributed by atoms with Crippen molar-refractivity contribution in [3.8, 4) is 28.6 Å². The maximum atomic E-state index is 13.6. The Bertz CT molecular complexity index is 2000. The van der Waals surface area contributed by atoms with Crippen molar-refractivity contribution in [2.24, 2.45) is 5.92 Å². The Morgan fingerprint density at radius 2 is 1.56 bits per heavy atom. The maximum Gasteiger partial charge on any atom is 0.363 e. The van der Waals surface area contributed by atoms with Crippen molar-refractivity contribution in [1.82, 2.24) is 21.0 Å². The van der Waals surface area contributed by atoms with Gasteiger partial charge in [0.1, 0.15) is 17.6 Å². The number of ether oxygens (including phenoxy) is 3. The van der Waals surface area contributed by atoms with Gasteiger partial charge in [-0.2, -0.15) is 5.06 Å². The van der Waals surface area contributed by atoms with E-state index in [-0.39, 0.29) is 52.8 Å². The fourth-order valence-corrected chi connectivity index (χ4v) is 5.81. The second-order valence-corrected chi connectivity index (χ2v) is 12.7. The number of rotatable bonds is 25. The Balaban J connectivity index is 1.73. The molecule has 3 aromatic rings. The number of carbonyl (C=O) groups is 8. The average Bonchev–Trinajstić information content (AvgIpc) is 3.72. The number of furan rings is 1. The Hall–Kier alpha value is -7.12. The fraction of sp³-hybridized carbons (Fsp3) is 0.385. The van der Waals surface area contributed by atoms with Crippen LogP contribution in [0, 0.1) is 5.92 Å². The molecule has 0 aliphatic carbocycles. The zero-order valence-electron chi connectivity index (χ0n) is 32.7. The third kappa shape index (κ3) is 13.2. The molecule has 59 heavy (non-hydrogen) atoms. The minimum absolute atomic E-state index is 0.0668. The van der Waals surface area contributed by atoms with Crippen LogP contribution in [-0.4, -0.2) is 108 Å². The molecule has 0 saturated heterocycles. The summed E-state index contributed by atoms with van der Waals surface area (Å²) in [5.74, 6) is -8.36. The molecule has 3 atom stereocenters.